The fraction of sp³-hybridized carbons (Fsp3) is 0.333. The van der Waals surface area contributed by atoms with Gasteiger partial charge in [-0.1, -0.05) is 17.7 Å². The Kier molecular flexibility index (Phi) is 2.69. The van der Waals surface area contributed by atoms with E-state index >= 15 is 0 Å². The lowest BCUT2D eigenvalue weighted by molar-refractivity contribution is 0.153. The Morgan fingerprint density at radius 2 is 2.21 bits per heavy atom. The van der Waals surface area contributed by atoms with E-state index in [0.717, 1.165) is 5.56 Å². The Bertz CT molecular complexity index is 348. The molecule has 5 heteroatoms. The lowest BCUT2D eigenvalue weighted by Crippen LogP contribution is -2.30. The van der Waals surface area contributed by atoms with E-state index < -0.39 is 6.23 Å². The first-order valence-electron chi connectivity index (χ1n) is 4.31. The third-order valence-corrected chi connectivity index (χ3v) is 2.55. The average Bonchev–Trinajstić information content (AvgIpc) is 2.51. The van der Waals surface area contributed by atoms with Gasteiger partial charge in [0.15, 0.2) is 0 Å². The summed E-state index contributed by atoms with van der Waals surface area (Å²) in [5.41, 5.74) is 6.33. The highest BCUT2D eigenvalue weighted by atomic mass is 35.5. The molecule has 0 aliphatic carbocycles. The molecule has 1 saturated heterocycles. The van der Waals surface area contributed by atoms with Crippen LogP contribution in [-0.4, -0.2) is 11.3 Å². The maximum atomic E-state index is 12.7. The first kappa shape index (κ1) is 9.86. The molecule has 0 aromatic heterocycles. The van der Waals surface area contributed by atoms with Gasteiger partial charge >= 0.3 is 0 Å². The fourth-order valence-corrected chi connectivity index (χ4v) is 1.83. The number of hydrazine groups is 1. The number of aliphatic hydroxyl groups is 1. The van der Waals surface area contributed by atoms with Gasteiger partial charge in [0.05, 0.1) is 6.04 Å². The van der Waals surface area contributed by atoms with Crippen LogP contribution in [0.2, 0.25) is 5.02 Å². The lowest BCUT2D eigenvalue weighted by Gasteiger charge is -2.11. The van der Waals surface area contributed by atoms with Crippen LogP contribution < -0.4 is 10.9 Å². The quantitative estimate of drug-likeness (QED) is 0.664. The largest absolute Gasteiger partial charge is 0.377 e. The summed E-state index contributed by atoms with van der Waals surface area (Å²) in [5.74, 6) is -0.356. The topological polar surface area (TPSA) is 44.3 Å². The minimum Gasteiger partial charge on any atom is -0.377 e. The monoisotopic (exact) mass is 216 g/mol. The Labute approximate surface area is 85.9 Å². The van der Waals surface area contributed by atoms with Crippen molar-refractivity contribution in [2.75, 3.05) is 0 Å². The molecular formula is C9H10ClFN2O. The van der Waals surface area contributed by atoms with Gasteiger partial charge in [-0.3, -0.25) is 0 Å². The smallest absolute Gasteiger partial charge is 0.124 e. The highest BCUT2D eigenvalue weighted by molar-refractivity contribution is 6.31. The maximum Gasteiger partial charge on any atom is 0.124 e. The van der Waals surface area contributed by atoms with Gasteiger partial charge in [-0.15, -0.1) is 0 Å². The van der Waals surface area contributed by atoms with Crippen LogP contribution in [-0.2, 0) is 0 Å². The van der Waals surface area contributed by atoms with E-state index in [-0.39, 0.29) is 11.9 Å². The van der Waals surface area contributed by atoms with Crippen LogP contribution in [0.15, 0.2) is 18.2 Å². The summed E-state index contributed by atoms with van der Waals surface area (Å²) >= 11 is 5.87. The molecule has 0 saturated carbocycles. The maximum absolute atomic E-state index is 12.7. The molecule has 76 valence electrons. The number of rotatable bonds is 1. The molecule has 1 fully saturated rings. The number of halogens is 2. The van der Waals surface area contributed by atoms with Crippen LogP contribution in [0.25, 0.3) is 0 Å². The Balaban J connectivity index is 2.24. The van der Waals surface area contributed by atoms with Crippen molar-refractivity contribution in [1.29, 1.82) is 0 Å². The van der Waals surface area contributed by atoms with E-state index in [4.69, 9.17) is 11.6 Å². The van der Waals surface area contributed by atoms with Crippen molar-refractivity contribution in [2.45, 2.75) is 18.7 Å². The number of benzene rings is 1. The highest BCUT2D eigenvalue weighted by Crippen LogP contribution is 2.28. The second kappa shape index (κ2) is 3.82. The molecule has 2 atom stereocenters. The Morgan fingerprint density at radius 3 is 2.79 bits per heavy atom. The van der Waals surface area contributed by atoms with Gasteiger partial charge in [0.25, 0.3) is 0 Å². The molecule has 1 aliphatic rings. The number of hydrogen-bond donors (Lipinski definition) is 3. The number of aliphatic hydroxyl groups excluding tert-OH is 1. The zero-order chi connectivity index (χ0) is 10.1. The van der Waals surface area contributed by atoms with Gasteiger partial charge in [0, 0.05) is 11.4 Å². The van der Waals surface area contributed by atoms with Gasteiger partial charge in [-0.25, -0.2) is 15.2 Å². The second-order valence-corrected chi connectivity index (χ2v) is 3.67. The standard InChI is InChI=1S/C9H10ClFN2O/c10-7-3-5(11)1-2-6(7)8-4-9(14)13-12-8/h1-3,8-9,12-14H,4H2. The van der Waals surface area contributed by atoms with E-state index in [9.17, 15) is 9.50 Å². The Morgan fingerprint density at radius 1 is 1.43 bits per heavy atom. The van der Waals surface area contributed by atoms with E-state index in [1.807, 2.05) is 0 Å². The zero-order valence-electron chi connectivity index (χ0n) is 7.30. The average molecular weight is 217 g/mol. The normalized spacial score (nSPS) is 26.8. The molecule has 1 heterocycles. The van der Waals surface area contributed by atoms with E-state index in [1.165, 1.54) is 12.1 Å². The van der Waals surface area contributed by atoms with Crippen LogP contribution in [0.1, 0.15) is 18.0 Å². The fourth-order valence-electron chi connectivity index (χ4n) is 1.53. The molecule has 3 nitrogen and oxygen atoms in total. The third-order valence-electron chi connectivity index (χ3n) is 2.22. The van der Waals surface area contributed by atoms with Crippen LogP contribution in [0, 0.1) is 5.82 Å². The van der Waals surface area contributed by atoms with Crippen molar-refractivity contribution in [3.05, 3.63) is 34.6 Å². The molecule has 2 rings (SSSR count). The molecule has 1 aromatic rings. The van der Waals surface area contributed by atoms with Crippen LogP contribution >= 0.6 is 11.6 Å². The highest BCUT2D eigenvalue weighted by Gasteiger charge is 2.24. The lowest BCUT2D eigenvalue weighted by atomic mass is 10.1. The summed E-state index contributed by atoms with van der Waals surface area (Å²) in [6, 6.07) is 4.17. The minimum absolute atomic E-state index is 0.0712. The molecule has 1 aliphatic heterocycles. The van der Waals surface area contributed by atoms with E-state index in [2.05, 4.69) is 10.9 Å². The minimum atomic E-state index is -0.582. The van der Waals surface area contributed by atoms with E-state index in [0.29, 0.717) is 11.4 Å². The molecule has 0 amide bonds. The molecule has 3 N–H and O–H groups in total. The first-order chi connectivity index (χ1) is 6.66. The van der Waals surface area contributed by atoms with Gasteiger partial charge in [-0.05, 0) is 17.7 Å². The summed E-state index contributed by atoms with van der Waals surface area (Å²) in [4.78, 5) is 0. The molecule has 0 bridgehead atoms. The second-order valence-electron chi connectivity index (χ2n) is 3.26. The van der Waals surface area contributed by atoms with Crippen LogP contribution in [0.5, 0.6) is 0 Å². The SMILES string of the molecule is OC1CC(c2ccc(F)cc2Cl)NN1. The predicted octanol–water partition coefficient (Wildman–Crippen LogP) is 1.34. The summed E-state index contributed by atoms with van der Waals surface area (Å²) in [5, 5.41) is 9.59. The molecule has 2 unspecified atom stereocenters. The van der Waals surface area contributed by atoms with Crippen LogP contribution in [0.4, 0.5) is 4.39 Å². The summed E-state index contributed by atoms with van der Waals surface area (Å²) < 4.78 is 12.7. The first-order valence-corrected chi connectivity index (χ1v) is 4.68. The van der Waals surface area contributed by atoms with Crippen molar-refractivity contribution in [3.8, 4) is 0 Å². The molecule has 14 heavy (non-hydrogen) atoms. The van der Waals surface area contributed by atoms with Crippen molar-refractivity contribution in [3.63, 3.8) is 0 Å². The molecule has 0 radical (unpaired) electrons. The zero-order valence-corrected chi connectivity index (χ0v) is 8.05. The van der Waals surface area contributed by atoms with Gasteiger partial charge < -0.3 is 5.11 Å². The van der Waals surface area contributed by atoms with E-state index in [1.54, 1.807) is 6.07 Å². The Hall–Kier alpha value is -0.680. The summed E-state index contributed by atoms with van der Waals surface area (Å²) in [7, 11) is 0. The van der Waals surface area contributed by atoms with Crippen molar-refractivity contribution < 1.29 is 9.50 Å². The number of hydrogen-bond acceptors (Lipinski definition) is 3. The van der Waals surface area contributed by atoms with Crippen molar-refractivity contribution in [2.24, 2.45) is 0 Å². The predicted molar refractivity (Wildman–Crippen MR) is 51.0 cm³/mol. The summed E-state index contributed by atoms with van der Waals surface area (Å²) in [6.45, 7) is 0. The van der Waals surface area contributed by atoms with Gasteiger partial charge in [0.1, 0.15) is 12.0 Å². The van der Waals surface area contributed by atoms with Gasteiger partial charge in [0.2, 0.25) is 0 Å². The molecular weight excluding hydrogens is 207 g/mol. The van der Waals surface area contributed by atoms with Crippen molar-refractivity contribution >= 4 is 11.6 Å². The number of nitrogens with one attached hydrogen (secondary N) is 2. The van der Waals surface area contributed by atoms with Gasteiger partial charge in [-0.2, -0.15) is 0 Å². The van der Waals surface area contributed by atoms with Crippen molar-refractivity contribution in [1.82, 2.24) is 10.9 Å². The molecule has 1 aromatic carbocycles. The third kappa shape index (κ3) is 1.88. The molecule has 0 spiro atoms. The summed E-state index contributed by atoms with van der Waals surface area (Å²) in [6.07, 6.45) is -0.0631. The van der Waals surface area contributed by atoms with Crippen LogP contribution in [0.3, 0.4) is 0 Å².